The summed E-state index contributed by atoms with van der Waals surface area (Å²) in [5.41, 5.74) is 1.73. The lowest BCUT2D eigenvalue weighted by Crippen LogP contribution is -1.97. The van der Waals surface area contributed by atoms with Crippen molar-refractivity contribution in [3.05, 3.63) is 51.4 Å². The molecule has 0 N–H and O–H groups in total. The van der Waals surface area contributed by atoms with Gasteiger partial charge in [0.15, 0.2) is 5.76 Å². The third-order valence-electron chi connectivity index (χ3n) is 3.12. The molecule has 1 aromatic carbocycles. The van der Waals surface area contributed by atoms with Crippen molar-refractivity contribution < 1.29 is 14.3 Å². The van der Waals surface area contributed by atoms with Crippen LogP contribution in [-0.2, 0) is 0 Å². The number of allylic oxidation sites excluding steroid dienone is 1. The van der Waals surface area contributed by atoms with Crippen LogP contribution in [0, 0.1) is 6.92 Å². The van der Waals surface area contributed by atoms with E-state index in [4.69, 9.17) is 9.47 Å². The Morgan fingerprint density at radius 1 is 1.35 bits per heavy atom. The summed E-state index contributed by atoms with van der Waals surface area (Å²) < 4.78 is 11.1. The lowest BCUT2D eigenvalue weighted by molar-refractivity contribution is 0.101. The summed E-state index contributed by atoms with van der Waals surface area (Å²) in [6.07, 6.45) is 1.81. The number of ketones is 1. The molecular formula is C16H14O3S. The predicted octanol–water partition coefficient (Wildman–Crippen LogP) is 4.07. The van der Waals surface area contributed by atoms with E-state index < -0.39 is 0 Å². The first kappa shape index (κ1) is 12.9. The van der Waals surface area contributed by atoms with E-state index in [-0.39, 0.29) is 5.78 Å². The highest BCUT2D eigenvalue weighted by molar-refractivity contribution is 7.11. The smallest absolute Gasteiger partial charge is 0.232 e. The molecule has 3 rings (SSSR count). The van der Waals surface area contributed by atoms with Gasteiger partial charge in [0.25, 0.3) is 0 Å². The van der Waals surface area contributed by atoms with Gasteiger partial charge in [-0.3, -0.25) is 4.79 Å². The highest BCUT2D eigenvalue weighted by Crippen LogP contribution is 2.35. The van der Waals surface area contributed by atoms with Crippen LogP contribution >= 0.6 is 11.3 Å². The van der Waals surface area contributed by atoms with Gasteiger partial charge in [0.2, 0.25) is 5.78 Å². The third-order valence-corrected chi connectivity index (χ3v) is 4.08. The van der Waals surface area contributed by atoms with E-state index in [1.165, 1.54) is 0 Å². The van der Waals surface area contributed by atoms with Gasteiger partial charge < -0.3 is 9.47 Å². The number of Topliss-reactive ketones (excluding diaryl/α,β-unsaturated/α-hetero) is 1. The molecule has 0 saturated carbocycles. The Morgan fingerprint density at radius 3 is 2.90 bits per heavy atom. The number of fused-ring (bicyclic) bond motifs is 1. The van der Waals surface area contributed by atoms with Gasteiger partial charge in [-0.05, 0) is 43.0 Å². The van der Waals surface area contributed by atoms with E-state index in [2.05, 4.69) is 0 Å². The second-order valence-corrected chi connectivity index (χ2v) is 5.45. The van der Waals surface area contributed by atoms with E-state index in [1.807, 2.05) is 31.4 Å². The molecule has 0 unspecified atom stereocenters. The largest absolute Gasteiger partial charge is 0.494 e. The standard InChI is InChI=1S/C16H14O3S/c1-3-18-11-4-5-12-13(8-11)19-14(16(12)17)9-15-10(2)6-7-20-15/h4-9H,3H2,1-2H3. The maximum atomic E-state index is 12.3. The van der Waals surface area contributed by atoms with E-state index in [9.17, 15) is 4.79 Å². The molecular weight excluding hydrogens is 272 g/mol. The fraction of sp³-hybridized carbons (Fsp3) is 0.188. The van der Waals surface area contributed by atoms with Crippen molar-refractivity contribution in [3.63, 3.8) is 0 Å². The van der Waals surface area contributed by atoms with Gasteiger partial charge in [-0.2, -0.15) is 0 Å². The van der Waals surface area contributed by atoms with Gasteiger partial charge >= 0.3 is 0 Å². The summed E-state index contributed by atoms with van der Waals surface area (Å²) in [6, 6.07) is 7.34. The van der Waals surface area contributed by atoms with Crippen LogP contribution in [0.2, 0.25) is 0 Å². The molecule has 1 aliphatic heterocycles. The zero-order valence-corrected chi connectivity index (χ0v) is 12.1. The third kappa shape index (κ3) is 2.23. The predicted molar refractivity (Wildman–Crippen MR) is 79.6 cm³/mol. The minimum Gasteiger partial charge on any atom is -0.494 e. The molecule has 102 valence electrons. The number of hydrogen-bond acceptors (Lipinski definition) is 4. The molecule has 0 atom stereocenters. The fourth-order valence-electron chi connectivity index (χ4n) is 2.08. The van der Waals surface area contributed by atoms with Gasteiger partial charge in [-0.1, -0.05) is 0 Å². The second kappa shape index (κ2) is 5.13. The van der Waals surface area contributed by atoms with Crippen molar-refractivity contribution in [3.8, 4) is 11.5 Å². The molecule has 0 radical (unpaired) electrons. The van der Waals surface area contributed by atoms with Gasteiger partial charge in [-0.25, -0.2) is 0 Å². The Bertz CT molecular complexity index is 697. The molecule has 0 fully saturated rings. The molecule has 0 aliphatic carbocycles. The summed E-state index contributed by atoms with van der Waals surface area (Å²) >= 11 is 1.60. The number of thiophene rings is 1. The average molecular weight is 286 g/mol. The van der Waals surface area contributed by atoms with E-state index in [0.29, 0.717) is 29.4 Å². The van der Waals surface area contributed by atoms with Gasteiger partial charge in [0.1, 0.15) is 11.5 Å². The number of ether oxygens (including phenoxy) is 2. The quantitative estimate of drug-likeness (QED) is 0.798. The summed E-state index contributed by atoms with van der Waals surface area (Å²) in [4.78, 5) is 13.3. The maximum Gasteiger partial charge on any atom is 0.232 e. The Balaban J connectivity index is 1.94. The minimum atomic E-state index is -0.0733. The van der Waals surface area contributed by atoms with E-state index >= 15 is 0 Å². The summed E-state index contributed by atoms with van der Waals surface area (Å²) in [7, 11) is 0. The number of hydrogen-bond donors (Lipinski definition) is 0. The molecule has 0 spiro atoms. The van der Waals surface area contributed by atoms with Crippen LogP contribution in [0.1, 0.15) is 27.7 Å². The normalized spacial score (nSPS) is 15.3. The highest BCUT2D eigenvalue weighted by Gasteiger charge is 2.27. The molecule has 2 aromatic rings. The molecule has 0 amide bonds. The Hall–Kier alpha value is -2.07. The molecule has 0 bridgehead atoms. The summed E-state index contributed by atoms with van der Waals surface area (Å²) in [5, 5.41) is 2.00. The van der Waals surface area contributed by atoms with Crippen molar-refractivity contribution in [1.29, 1.82) is 0 Å². The first-order valence-corrected chi connectivity index (χ1v) is 7.32. The minimum absolute atomic E-state index is 0.0733. The molecule has 20 heavy (non-hydrogen) atoms. The average Bonchev–Trinajstić information content (AvgIpc) is 2.96. The van der Waals surface area contributed by atoms with Crippen LogP contribution < -0.4 is 9.47 Å². The number of aryl methyl sites for hydroxylation is 1. The first-order chi connectivity index (χ1) is 9.69. The molecule has 1 aromatic heterocycles. The summed E-state index contributed by atoms with van der Waals surface area (Å²) in [5.74, 6) is 1.59. The van der Waals surface area contributed by atoms with Crippen molar-refractivity contribution in [2.24, 2.45) is 0 Å². The fourth-order valence-corrected chi connectivity index (χ4v) is 2.92. The Morgan fingerprint density at radius 2 is 2.20 bits per heavy atom. The second-order valence-electron chi connectivity index (χ2n) is 4.50. The van der Waals surface area contributed by atoms with E-state index in [0.717, 1.165) is 10.4 Å². The number of carbonyl (C=O) groups excluding carboxylic acids is 1. The molecule has 1 aliphatic rings. The van der Waals surface area contributed by atoms with Crippen LogP contribution in [-0.4, -0.2) is 12.4 Å². The lowest BCUT2D eigenvalue weighted by atomic mass is 10.1. The highest BCUT2D eigenvalue weighted by atomic mass is 32.1. The van der Waals surface area contributed by atoms with Crippen LogP contribution in [0.5, 0.6) is 11.5 Å². The van der Waals surface area contributed by atoms with Gasteiger partial charge in [0.05, 0.1) is 12.2 Å². The van der Waals surface area contributed by atoms with Crippen molar-refractivity contribution in [2.75, 3.05) is 6.61 Å². The maximum absolute atomic E-state index is 12.3. The van der Waals surface area contributed by atoms with Gasteiger partial charge in [-0.15, -0.1) is 11.3 Å². The van der Waals surface area contributed by atoms with Crippen molar-refractivity contribution in [1.82, 2.24) is 0 Å². The summed E-state index contributed by atoms with van der Waals surface area (Å²) in [6.45, 7) is 4.52. The van der Waals surface area contributed by atoms with Gasteiger partial charge in [0, 0.05) is 17.0 Å². The lowest BCUT2D eigenvalue weighted by Gasteiger charge is -2.03. The Kier molecular flexibility index (Phi) is 3.32. The zero-order valence-electron chi connectivity index (χ0n) is 11.3. The number of benzene rings is 1. The first-order valence-electron chi connectivity index (χ1n) is 6.44. The molecule has 4 heteroatoms. The van der Waals surface area contributed by atoms with Crippen LogP contribution in [0.4, 0.5) is 0 Å². The monoisotopic (exact) mass is 286 g/mol. The van der Waals surface area contributed by atoms with Crippen molar-refractivity contribution in [2.45, 2.75) is 13.8 Å². The SMILES string of the molecule is CCOc1ccc2c(c1)OC(=Cc1sccc1C)C2=O. The number of carbonyl (C=O) groups is 1. The molecule has 0 saturated heterocycles. The van der Waals surface area contributed by atoms with E-state index in [1.54, 1.807) is 29.5 Å². The molecule has 2 heterocycles. The van der Waals surface area contributed by atoms with Crippen LogP contribution in [0.25, 0.3) is 6.08 Å². The van der Waals surface area contributed by atoms with Crippen LogP contribution in [0.3, 0.4) is 0 Å². The van der Waals surface area contributed by atoms with Crippen molar-refractivity contribution >= 4 is 23.2 Å². The number of rotatable bonds is 3. The Labute approximate surface area is 121 Å². The zero-order chi connectivity index (χ0) is 14.1. The molecule has 3 nitrogen and oxygen atoms in total. The topological polar surface area (TPSA) is 35.5 Å². The van der Waals surface area contributed by atoms with Crippen LogP contribution in [0.15, 0.2) is 35.4 Å².